The average Bonchev–Trinajstić information content (AvgIpc) is 3.43. The largest absolute Gasteiger partial charge is 0.510 e. The van der Waals surface area contributed by atoms with Crippen molar-refractivity contribution >= 4 is 40.0 Å². The van der Waals surface area contributed by atoms with Crippen molar-refractivity contribution in [2.75, 3.05) is 19.0 Å². The first-order valence-electron chi connectivity index (χ1n) is 10.3. The van der Waals surface area contributed by atoms with E-state index >= 15 is 0 Å². The van der Waals surface area contributed by atoms with E-state index in [-0.39, 0.29) is 17.1 Å². The summed E-state index contributed by atoms with van der Waals surface area (Å²) < 4.78 is 7.45. The lowest BCUT2D eigenvalue weighted by molar-refractivity contribution is 0.137. The third-order valence-corrected chi connectivity index (χ3v) is 6.08. The molecular weight excluding hydrogens is 460 g/mol. The summed E-state index contributed by atoms with van der Waals surface area (Å²) in [6, 6.07) is 16.9. The Morgan fingerprint density at radius 2 is 2.00 bits per heavy atom. The molecule has 0 aliphatic rings. The number of fused-ring (bicyclic) bond motifs is 1. The molecule has 0 spiro atoms. The van der Waals surface area contributed by atoms with Crippen molar-refractivity contribution in [1.29, 1.82) is 5.26 Å². The molecule has 0 radical (unpaired) electrons. The van der Waals surface area contributed by atoms with Gasteiger partial charge >= 0.3 is 0 Å². The summed E-state index contributed by atoms with van der Waals surface area (Å²) in [5.74, 6) is 1.05. The van der Waals surface area contributed by atoms with Gasteiger partial charge in [0.05, 0.1) is 29.9 Å². The first kappa shape index (κ1) is 22.9. The molecule has 0 bridgehead atoms. The number of ether oxygens (including phenoxy) is 1. The molecule has 0 unspecified atom stereocenters. The van der Waals surface area contributed by atoms with Gasteiger partial charge in [-0.15, -0.1) is 10.2 Å². The molecular formula is C23H21ClN6O2S. The topological polar surface area (TPSA) is 113 Å². The highest BCUT2D eigenvalue weighted by molar-refractivity contribution is 7.99. The van der Waals surface area contributed by atoms with Gasteiger partial charge in [-0.05, 0) is 43.3 Å². The standard InChI is InChI=1S/C23H21ClN6O2S/c1-2-32-12-11-30-22(15-7-9-16(24)10-8-15)28-29-23(30)33-14-20(31)17(13-25)21-26-18-5-3-4-6-19(18)27-21/h3-10,31H,2,11-12,14H2,1H3,(H,26,27). The molecule has 168 valence electrons. The Morgan fingerprint density at radius 1 is 1.21 bits per heavy atom. The molecule has 0 fully saturated rings. The Hall–Kier alpha value is -3.32. The molecule has 2 heterocycles. The first-order chi connectivity index (χ1) is 16.1. The molecule has 4 aromatic rings. The third kappa shape index (κ3) is 5.20. The van der Waals surface area contributed by atoms with Crippen LogP contribution in [0.2, 0.25) is 5.02 Å². The lowest BCUT2D eigenvalue weighted by Gasteiger charge is -2.10. The van der Waals surface area contributed by atoms with Crippen LogP contribution in [0.25, 0.3) is 28.0 Å². The van der Waals surface area contributed by atoms with Crippen LogP contribution in [-0.4, -0.2) is 48.8 Å². The van der Waals surface area contributed by atoms with E-state index in [1.807, 2.05) is 47.9 Å². The zero-order valence-corrected chi connectivity index (χ0v) is 19.4. The Kier molecular flexibility index (Phi) is 7.29. The molecule has 4 rings (SSSR count). The van der Waals surface area contributed by atoms with Crippen molar-refractivity contribution in [3.8, 4) is 17.5 Å². The van der Waals surface area contributed by atoms with Crippen molar-refractivity contribution < 1.29 is 9.84 Å². The minimum atomic E-state index is -0.0889. The molecule has 0 saturated heterocycles. The fourth-order valence-corrected chi connectivity index (χ4v) is 4.21. The molecule has 2 aromatic carbocycles. The number of thioether (sulfide) groups is 1. The average molecular weight is 481 g/mol. The number of H-pyrrole nitrogens is 1. The maximum atomic E-state index is 10.7. The number of hydrogen-bond acceptors (Lipinski definition) is 7. The first-order valence-corrected chi connectivity index (χ1v) is 11.6. The Balaban J connectivity index is 1.59. The lowest BCUT2D eigenvalue weighted by Crippen LogP contribution is -2.09. The van der Waals surface area contributed by atoms with E-state index in [1.54, 1.807) is 12.1 Å². The SMILES string of the molecule is CCOCCn1c(SCC(O)=C(C#N)c2nc3ccccc3[nH]2)nnc1-c1ccc(Cl)cc1. The number of rotatable bonds is 9. The Morgan fingerprint density at radius 3 is 2.73 bits per heavy atom. The maximum Gasteiger partial charge on any atom is 0.192 e. The van der Waals surface area contributed by atoms with Crippen LogP contribution in [-0.2, 0) is 11.3 Å². The number of benzene rings is 2. The van der Waals surface area contributed by atoms with Crippen LogP contribution in [0.15, 0.2) is 59.4 Å². The second-order valence-electron chi connectivity index (χ2n) is 6.99. The van der Waals surface area contributed by atoms with Gasteiger partial charge in [0.2, 0.25) is 0 Å². The van der Waals surface area contributed by atoms with Gasteiger partial charge in [0.25, 0.3) is 0 Å². The number of hydrogen-bond donors (Lipinski definition) is 2. The molecule has 0 amide bonds. The number of imidazole rings is 1. The molecule has 0 saturated carbocycles. The molecule has 8 nitrogen and oxygen atoms in total. The van der Waals surface area contributed by atoms with E-state index in [1.165, 1.54) is 11.8 Å². The van der Waals surface area contributed by atoms with Crippen molar-refractivity contribution in [2.24, 2.45) is 0 Å². The summed E-state index contributed by atoms with van der Waals surface area (Å²) in [6.45, 7) is 3.58. The van der Waals surface area contributed by atoms with Crippen LogP contribution in [0.5, 0.6) is 0 Å². The maximum absolute atomic E-state index is 10.7. The number of aromatic amines is 1. The monoisotopic (exact) mass is 480 g/mol. The predicted molar refractivity (Wildman–Crippen MR) is 129 cm³/mol. The number of nitriles is 1. The van der Waals surface area contributed by atoms with Crippen LogP contribution in [0.3, 0.4) is 0 Å². The number of aromatic nitrogens is 5. The molecule has 0 atom stereocenters. The third-order valence-electron chi connectivity index (χ3n) is 4.85. The van der Waals surface area contributed by atoms with E-state index in [0.717, 1.165) is 16.6 Å². The van der Waals surface area contributed by atoms with E-state index < -0.39 is 0 Å². The predicted octanol–water partition coefficient (Wildman–Crippen LogP) is 5.10. The fraction of sp³-hybridized carbons (Fsp3) is 0.217. The zero-order chi connectivity index (χ0) is 23.2. The highest BCUT2D eigenvalue weighted by Gasteiger charge is 2.18. The number of para-hydroxylation sites is 2. The van der Waals surface area contributed by atoms with Crippen molar-refractivity contribution in [3.05, 3.63) is 65.1 Å². The molecule has 10 heteroatoms. The Labute approximate surface area is 199 Å². The number of halogens is 1. The summed E-state index contributed by atoms with van der Waals surface area (Å²) in [5, 5.41) is 30.2. The highest BCUT2D eigenvalue weighted by atomic mass is 35.5. The number of aliphatic hydroxyl groups is 1. The summed E-state index contributed by atoms with van der Waals surface area (Å²) >= 11 is 7.30. The van der Waals surface area contributed by atoms with Crippen LogP contribution < -0.4 is 0 Å². The molecule has 0 aliphatic carbocycles. The van der Waals surface area contributed by atoms with Gasteiger partial charge in [-0.2, -0.15) is 5.26 Å². The van der Waals surface area contributed by atoms with Crippen molar-refractivity contribution in [2.45, 2.75) is 18.6 Å². The quantitative estimate of drug-likeness (QED) is 0.148. The summed E-state index contributed by atoms with van der Waals surface area (Å²) in [5.41, 5.74) is 2.49. The van der Waals surface area contributed by atoms with E-state index in [4.69, 9.17) is 16.3 Å². The van der Waals surface area contributed by atoms with E-state index in [2.05, 4.69) is 26.2 Å². The van der Waals surface area contributed by atoms with Crippen LogP contribution in [0, 0.1) is 11.3 Å². The minimum Gasteiger partial charge on any atom is -0.510 e. The number of allylic oxidation sites excluding steroid dienone is 1. The zero-order valence-electron chi connectivity index (χ0n) is 17.8. The number of nitrogens with zero attached hydrogens (tertiary/aromatic N) is 5. The van der Waals surface area contributed by atoms with Gasteiger partial charge < -0.3 is 14.8 Å². The lowest BCUT2D eigenvalue weighted by atomic mass is 10.2. The normalized spacial score (nSPS) is 12.0. The van der Waals surface area contributed by atoms with Crippen molar-refractivity contribution in [3.63, 3.8) is 0 Å². The van der Waals surface area contributed by atoms with Gasteiger partial charge in [0.15, 0.2) is 16.8 Å². The number of aliphatic hydroxyl groups excluding tert-OH is 1. The van der Waals surface area contributed by atoms with Crippen LogP contribution in [0.4, 0.5) is 0 Å². The van der Waals surface area contributed by atoms with Crippen molar-refractivity contribution in [1.82, 2.24) is 24.7 Å². The summed E-state index contributed by atoms with van der Waals surface area (Å²) in [4.78, 5) is 7.49. The minimum absolute atomic E-state index is 0.0889. The van der Waals surface area contributed by atoms with Crippen LogP contribution in [0.1, 0.15) is 12.7 Å². The van der Waals surface area contributed by atoms with E-state index in [9.17, 15) is 10.4 Å². The molecule has 33 heavy (non-hydrogen) atoms. The Bertz CT molecular complexity index is 1290. The summed E-state index contributed by atoms with van der Waals surface area (Å²) in [6.07, 6.45) is 0. The van der Waals surface area contributed by atoms with Crippen LogP contribution >= 0.6 is 23.4 Å². The van der Waals surface area contributed by atoms with Gasteiger partial charge in [-0.1, -0.05) is 35.5 Å². The second kappa shape index (κ2) is 10.5. The highest BCUT2D eigenvalue weighted by Crippen LogP contribution is 2.28. The van der Waals surface area contributed by atoms with Gasteiger partial charge in [-0.25, -0.2) is 4.98 Å². The second-order valence-corrected chi connectivity index (χ2v) is 8.37. The van der Waals surface area contributed by atoms with E-state index in [0.29, 0.717) is 41.6 Å². The van der Waals surface area contributed by atoms with Gasteiger partial charge in [0.1, 0.15) is 17.4 Å². The number of nitrogens with one attached hydrogen (secondary N) is 1. The fourth-order valence-electron chi connectivity index (χ4n) is 3.24. The smallest absolute Gasteiger partial charge is 0.192 e. The van der Waals surface area contributed by atoms with Gasteiger partial charge in [0, 0.05) is 17.2 Å². The molecule has 2 aromatic heterocycles. The molecule has 0 aliphatic heterocycles. The molecule has 2 N–H and O–H groups in total. The van der Waals surface area contributed by atoms with Gasteiger partial charge in [-0.3, -0.25) is 4.57 Å². The summed E-state index contributed by atoms with van der Waals surface area (Å²) in [7, 11) is 0.